The molecule has 5 nitrogen and oxygen atoms in total. The van der Waals surface area contributed by atoms with Gasteiger partial charge < -0.3 is 9.88 Å². The van der Waals surface area contributed by atoms with E-state index < -0.39 is 0 Å². The quantitative estimate of drug-likeness (QED) is 0.879. The van der Waals surface area contributed by atoms with E-state index in [-0.39, 0.29) is 0 Å². The van der Waals surface area contributed by atoms with E-state index in [0.717, 1.165) is 25.9 Å². The van der Waals surface area contributed by atoms with Crippen LogP contribution in [0.25, 0.3) is 0 Å². The van der Waals surface area contributed by atoms with Gasteiger partial charge in [0, 0.05) is 24.5 Å². The first-order valence-electron chi connectivity index (χ1n) is 7.57. The molecule has 2 aromatic rings. The Balaban J connectivity index is 1.58. The first-order valence-corrected chi connectivity index (χ1v) is 7.57. The van der Waals surface area contributed by atoms with Gasteiger partial charge in [-0.2, -0.15) is 5.10 Å². The summed E-state index contributed by atoms with van der Waals surface area (Å²) in [6, 6.07) is 0.488. The minimum atomic E-state index is 0.488. The van der Waals surface area contributed by atoms with Crippen LogP contribution in [0, 0.1) is 6.92 Å². The number of nitrogens with zero attached hydrogens (tertiary/aromatic N) is 3. The maximum Gasteiger partial charge on any atom is 0.0948 e. The molecule has 0 aliphatic carbocycles. The lowest BCUT2D eigenvalue weighted by atomic mass is 10.0. The molecule has 20 heavy (non-hydrogen) atoms. The van der Waals surface area contributed by atoms with Crippen LogP contribution < -0.4 is 5.32 Å². The first-order chi connectivity index (χ1) is 9.84. The summed E-state index contributed by atoms with van der Waals surface area (Å²) in [6.45, 7) is 4.24. The summed E-state index contributed by atoms with van der Waals surface area (Å²) in [7, 11) is 0. The Labute approximate surface area is 119 Å². The van der Waals surface area contributed by atoms with E-state index in [4.69, 9.17) is 0 Å². The van der Waals surface area contributed by atoms with Gasteiger partial charge in [-0.25, -0.2) is 4.98 Å². The highest BCUT2D eigenvalue weighted by Gasteiger charge is 2.18. The minimum Gasteiger partial charge on any atom is -0.333 e. The number of aromatic amines is 1. The van der Waals surface area contributed by atoms with Gasteiger partial charge >= 0.3 is 0 Å². The highest BCUT2D eigenvalue weighted by atomic mass is 15.1. The van der Waals surface area contributed by atoms with Crippen molar-refractivity contribution in [1.29, 1.82) is 0 Å². The van der Waals surface area contributed by atoms with E-state index in [9.17, 15) is 0 Å². The fourth-order valence-electron chi connectivity index (χ4n) is 2.98. The molecule has 1 fully saturated rings. The second-order valence-electron chi connectivity index (χ2n) is 5.64. The summed E-state index contributed by atoms with van der Waals surface area (Å²) < 4.78 is 2.30. The first kappa shape index (κ1) is 13.4. The number of H-pyrrole nitrogens is 1. The minimum absolute atomic E-state index is 0.488. The predicted octanol–water partition coefficient (Wildman–Crippen LogP) is 2.36. The van der Waals surface area contributed by atoms with Crippen LogP contribution in [-0.2, 0) is 13.0 Å². The maximum absolute atomic E-state index is 4.33. The number of imidazole rings is 1. The lowest BCUT2D eigenvalue weighted by Gasteiger charge is -2.24. The molecule has 3 heterocycles. The zero-order valence-electron chi connectivity index (χ0n) is 12.1. The van der Waals surface area contributed by atoms with E-state index in [0.29, 0.717) is 6.04 Å². The summed E-state index contributed by atoms with van der Waals surface area (Å²) >= 11 is 0. The SMILES string of the molecule is Cc1[nH]ncc1CCCn1cncc1C1CCCCN1. The average Bonchev–Trinajstić information content (AvgIpc) is 3.10. The van der Waals surface area contributed by atoms with Gasteiger partial charge in [-0.1, -0.05) is 6.42 Å². The molecule has 0 bridgehead atoms. The fraction of sp³-hybridized carbons (Fsp3) is 0.600. The van der Waals surface area contributed by atoms with Gasteiger partial charge in [0.25, 0.3) is 0 Å². The molecule has 108 valence electrons. The van der Waals surface area contributed by atoms with Crippen molar-refractivity contribution in [3.63, 3.8) is 0 Å². The number of piperidine rings is 1. The third-order valence-corrected chi connectivity index (χ3v) is 4.19. The summed E-state index contributed by atoms with van der Waals surface area (Å²) in [4.78, 5) is 4.33. The monoisotopic (exact) mass is 273 g/mol. The Kier molecular flexibility index (Phi) is 4.16. The number of aryl methyl sites for hydroxylation is 3. The zero-order chi connectivity index (χ0) is 13.8. The molecular weight excluding hydrogens is 250 g/mol. The number of rotatable bonds is 5. The molecule has 5 heteroatoms. The molecule has 3 rings (SSSR count). The molecule has 1 atom stereocenters. The van der Waals surface area contributed by atoms with E-state index in [1.807, 2.05) is 18.7 Å². The number of nitrogens with one attached hydrogen (secondary N) is 2. The van der Waals surface area contributed by atoms with Crippen LogP contribution in [0.1, 0.15) is 48.7 Å². The van der Waals surface area contributed by atoms with Crippen molar-refractivity contribution in [1.82, 2.24) is 25.1 Å². The molecule has 0 saturated carbocycles. The fourth-order valence-corrected chi connectivity index (χ4v) is 2.98. The molecular formula is C15H23N5. The van der Waals surface area contributed by atoms with Crippen LogP contribution in [0.5, 0.6) is 0 Å². The van der Waals surface area contributed by atoms with Gasteiger partial charge in [0.15, 0.2) is 0 Å². The standard InChI is InChI=1S/C15H23N5/c1-12-13(9-18-19-12)5-4-8-20-11-16-10-15(20)14-6-2-3-7-17-14/h9-11,14,17H,2-8H2,1H3,(H,18,19). The van der Waals surface area contributed by atoms with Gasteiger partial charge in [0.05, 0.1) is 18.2 Å². The van der Waals surface area contributed by atoms with Crippen LogP contribution in [0.3, 0.4) is 0 Å². The molecule has 0 aromatic carbocycles. The van der Waals surface area contributed by atoms with Crippen molar-refractivity contribution >= 4 is 0 Å². The van der Waals surface area contributed by atoms with Crippen LogP contribution in [-0.4, -0.2) is 26.3 Å². The van der Waals surface area contributed by atoms with Crippen molar-refractivity contribution in [2.75, 3.05) is 6.54 Å². The van der Waals surface area contributed by atoms with Crippen LogP contribution in [0.15, 0.2) is 18.7 Å². The number of hydrogen-bond acceptors (Lipinski definition) is 3. The maximum atomic E-state index is 4.33. The smallest absolute Gasteiger partial charge is 0.0948 e. The predicted molar refractivity (Wildman–Crippen MR) is 78.5 cm³/mol. The highest BCUT2D eigenvalue weighted by Crippen LogP contribution is 2.22. The van der Waals surface area contributed by atoms with Crippen molar-refractivity contribution in [3.05, 3.63) is 35.7 Å². The normalized spacial score (nSPS) is 19.4. The van der Waals surface area contributed by atoms with E-state index >= 15 is 0 Å². The third-order valence-electron chi connectivity index (χ3n) is 4.19. The van der Waals surface area contributed by atoms with Crippen molar-refractivity contribution in [3.8, 4) is 0 Å². The van der Waals surface area contributed by atoms with E-state index in [1.165, 1.54) is 36.2 Å². The Bertz CT molecular complexity index is 536. The third kappa shape index (κ3) is 2.93. The van der Waals surface area contributed by atoms with Crippen molar-refractivity contribution < 1.29 is 0 Å². The summed E-state index contributed by atoms with van der Waals surface area (Å²) in [5.74, 6) is 0. The summed E-state index contributed by atoms with van der Waals surface area (Å²) in [5.41, 5.74) is 3.85. The van der Waals surface area contributed by atoms with Gasteiger partial charge in [0.2, 0.25) is 0 Å². The second-order valence-corrected chi connectivity index (χ2v) is 5.64. The van der Waals surface area contributed by atoms with Gasteiger partial charge in [-0.05, 0) is 44.7 Å². The largest absolute Gasteiger partial charge is 0.333 e. The van der Waals surface area contributed by atoms with E-state index in [1.54, 1.807) is 0 Å². The molecule has 1 saturated heterocycles. The number of hydrogen-bond donors (Lipinski definition) is 2. The average molecular weight is 273 g/mol. The van der Waals surface area contributed by atoms with E-state index in [2.05, 4.69) is 32.0 Å². The topological polar surface area (TPSA) is 58.5 Å². The van der Waals surface area contributed by atoms with Crippen molar-refractivity contribution in [2.45, 2.75) is 51.6 Å². The molecule has 0 radical (unpaired) electrons. The molecule has 2 aromatic heterocycles. The van der Waals surface area contributed by atoms with Crippen LogP contribution in [0.4, 0.5) is 0 Å². The van der Waals surface area contributed by atoms with Crippen LogP contribution >= 0.6 is 0 Å². The van der Waals surface area contributed by atoms with Crippen molar-refractivity contribution in [2.24, 2.45) is 0 Å². The molecule has 1 unspecified atom stereocenters. The Morgan fingerprint density at radius 2 is 2.30 bits per heavy atom. The Morgan fingerprint density at radius 1 is 1.35 bits per heavy atom. The Hall–Kier alpha value is -1.62. The van der Waals surface area contributed by atoms with Crippen LogP contribution in [0.2, 0.25) is 0 Å². The van der Waals surface area contributed by atoms with Gasteiger partial charge in [-0.3, -0.25) is 5.10 Å². The summed E-state index contributed by atoms with van der Waals surface area (Å²) in [6.07, 6.45) is 12.0. The second kappa shape index (κ2) is 6.22. The molecule has 1 aliphatic heterocycles. The number of aromatic nitrogens is 4. The lowest BCUT2D eigenvalue weighted by molar-refractivity contribution is 0.392. The molecule has 0 amide bonds. The molecule has 2 N–H and O–H groups in total. The summed E-state index contributed by atoms with van der Waals surface area (Å²) in [5, 5.41) is 10.7. The molecule has 0 spiro atoms. The zero-order valence-corrected chi connectivity index (χ0v) is 12.1. The van der Waals surface area contributed by atoms with Gasteiger partial charge in [-0.15, -0.1) is 0 Å². The Morgan fingerprint density at radius 3 is 3.05 bits per heavy atom. The highest BCUT2D eigenvalue weighted by molar-refractivity contribution is 5.14. The lowest BCUT2D eigenvalue weighted by Crippen LogP contribution is -2.28. The van der Waals surface area contributed by atoms with Gasteiger partial charge in [0.1, 0.15) is 0 Å². The molecule has 1 aliphatic rings.